The van der Waals surface area contributed by atoms with Crippen molar-refractivity contribution in [3.05, 3.63) is 76.9 Å². The highest BCUT2D eigenvalue weighted by Crippen LogP contribution is 2.36. The van der Waals surface area contributed by atoms with Crippen LogP contribution in [0.5, 0.6) is 5.75 Å². The van der Waals surface area contributed by atoms with Gasteiger partial charge in [0, 0.05) is 47.9 Å². The zero-order valence-corrected chi connectivity index (χ0v) is 17.7. The van der Waals surface area contributed by atoms with Crippen molar-refractivity contribution in [3.8, 4) is 17.0 Å². The Morgan fingerprint density at radius 1 is 1.23 bits per heavy atom. The van der Waals surface area contributed by atoms with Gasteiger partial charge in [-0.05, 0) is 61.7 Å². The fourth-order valence-electron chi connectivity index (χ4n) is 3.95. The fraction of sp³-hybridized carbons (Fsp3) is 0.250. The summed E-state index contributed by atoms with van der Waals surface area (Å²) in [6.45, 7) is 4.97. The molecule has 5 N–H and O–H groups in total. The number of pyridine rings is 2. The smallest absolute Gasteiger partial charge is 0.166 e. The Kier molecular flexibility index (Phi) is 5.86. The van der Waals surface area contributed by atoms with E-state index >= 15 is 0 Å². The molecule has 31 heavy (non-hydrogen) atoms. The molecule has 0 saturated carbocycles. The number of nitrogens with one attached hydrogen (secondary N) is 1. The molecular weight excluding hydrogens is 393 g/mol. The van der Waals surface area contributed by atoms with Crippen molar-refractivity contribution in [2.45, 2.75) is 26.4 Å². The van der Waals surface area contributed by atoms with E-state index in [1.165, 1.54) is 12.1 Å². The van der Waals surface area contributed by atoms with E-state index in [-0.39, 0.29) is 11.6 Å². The van der Waals surface area contributed by atoms with Crippen LogP contribution in [0.15, 0.2) is 54.4 Å². The molecule has 1 aliphatic rings. The Morgan fingerprint density at radius 2 is 2.06 bits per heavy atom. The Bertz CT molecular complexity index is 1140. The van der Waals surface area contributed by atoms with Crippen LogP contribution < -0.4 is 21.5 Å². The number of anilines is 1. The van der Waals surface area contributed by atoms with Gasteiger partial charge in [-0.2, -0.15) is 0 Å². The van der Waals surface area contributed by atoms with Crippen molar-refractivity contribution < 1.29 is 9.13 Å². The maximum Gasteiger partial charge on any atom is 0.166 e. The molecule has 160 valence electrons. The van der Waals surface area contributed by atoms with E-state index < -0.39 is 6.10 Å². The molecule has 1 aromatic carbocycles. The summed E-state index contributed by atoms with van der Waals surface area (Å²) in [4.78, 5) is 8.97. The van der Waals surface area contributed by atoms with Crippen LogP contribution in [0.1, 0.15) is 36.6 Å². The largest absolute Gasteiger partial charge is 0.482 e. The molecule has 0 fully saturated rings. The zero-order chi connectivity index (χ0) is 22.0. The highest BCUT2D eigenvalue weighted by atomic mass is 19.1. The highest BCUT2D eigenvalue weighted by molar-refractivity contribution is 5.73. The Balaban J connectivity index is 2.02. The number of nitrogens with two attached hydrogens (primary N) is 2. The van der Waals surface area contributed by atoms with Gasteiger partial charge in [0.25, 0.3) is 0 Å². The van der Waals surface area contributed by atoms with Gasteiger partial charge in [-0.1, -0.05) is 6.07 Å². The van der Waals surface area contributed by atoms with Gasteiger partial charge in [0.1, 0.15) is 11.9 Å². The minimum Gasteiger partial charge on any atom is -0.482 e. The summed E-state index contributed by atoms with van der Waals surface area (Å²) in [5.74, 6) is 0.374. The summed E-state index contributed by atoms with van der Waals surface area (Å²) < 4.78 is 20.4. The standard InChI is InChI=1S/C24H26FN5O/c1-3-28-22-16(12-26)9-15-5-4-8-29-23(15)19-7-6-18(25)11-20(19)14(2)31-21-10-17(22)13-30-24(21)27/h4-8,10-11,13-14,28H,3,9,12,26H2,1-2H3,(H2,27,30)/b22-16-/t14-/m1/s1. The van der Waals surface area contributed by atoms with E-state index in [2.05, 4.69) is 15.3 Å². The fourth-order valence-corrected chi connectivity index (χ4v) is 3.95. The van der Waals surface area contributed by atoms with Crippen molar-refractivity contribution in [3.63, 3.8) is 0 Å². The first-order valence-electron chi connectivity index (χ1n) is 10.3. The van der Waals surface area contributed by atoms with Crippen molar-refractivity contribution in [1.82, 2.24) is 15.3 Å². The van der Waals surface area contributed by atoms with Crippen LogP contribution in [-0.4, -0.2) is 23.1 Å². The number of hydrogen-bond donors (Lipinski definition) is 3. The Labute approximate surface area is 181 Å². The van der Waals surface area contributed by atoms with Gasteiger partial charge >= 0.3 is 0 Å². The first kappa shape index (κ1) is 20.8. The molecular formula is C24H26FN5O. The molecule has 0 amide bonds. The van der Waals surface area contributed by atoms with Gasteiger partial charge in [0.15, 0.2) is 11.6 Å². The topological polar surface area (TPSA) is 99.1 Å². The minimum atomic E-state index is -0.472. The van der Waals surface area contributed by atoms with Crippen LogP contribution in [0.2, 0.25) is 0 Å². The molecule has 6 nitrogen and oxygen atoms in total. The van der Waals surface area contributed by atoms with Crippen molar-refractivity contribution in [2.24, 2.45) is 5.73 Å². The molecule has 3 heterocycles. The number of hydrogen-bond acceptors (Lipinski definition) is 6. The summed E-state index contributed by atoms with van der Waals surface area (Å²) in [7, 11) is 0. The molecule has 7 heteroatoms. The number of benzene rings is 1. The molecule has 0 spiro atoms. The molecule has 1 atom stereocenters. The second-order valence-corrected chi connectivity index (χ2v) is 7.50. The van der Waals surface area contributed by atoms with Gasteiger partial charge < -0.3 is 21.5 Å². The van der Waals surface area contributed by atoms with Gasteiger partial charge in [0.2, 0.25) is 0 Å². The van der Waals surface area contributed by atoms with Crippen LogP contribution in [0.4, 0.5) is 10.2 Å². The third-order valence-electron chi connectivity index (χ3n) is 5.43. The molecule has 2 bridgehead atoms. The summed E-state index contributed by atoms with van der Waals surface area (Å²) in [5, 5.41) is 3.43. The average molecular weight is 420 g/mol. The highest BCUT2D eigenvalue weighted by Gasteiger charge is 2.22. The number of rotatable bonds is 3. The third-order valence-corrected chi connectivity index (χ3v) is 5.43. The molecule has 0 radical (unpaired) electrons. The Morgan fingerprint density at radius 3 is 2.84 bits per heavy atom. The predicted molar refractivity (Wildman–Crippen MR) is 121 cm³/mol. The lowest BCUT2D eigenvalue weighted by Crippen LogP contribution is -2.20. The summed E-state index contributed by atoms with van der Waals surface area (Å²) in [6, 6.07) is 10.5. The monoisotopic (exact) mass is 419 g/mol. The predicted octanol–water partition coefficient (Wildman–Crippen LogP) is 3.84. The number of fused-ring (bicyclic) bond motifs is 5. The molecule has 1 aliphatic heterocycles. The molecule has 4 rings (SSSR count). The lowest BCUT2D eigenvalue weighted by molar-refractivity contribution is 0.227. The zero-order valence-electron chi connectivity index (χ0n) is 17.7. The molecule has 0 aliphatic carbocycles. The average Bonchev–Trinajstić information content (AvgIpc) is 2.77. The molecule has 2 aromatic heterocycles. The SMILES string of the molecule is CCN/C1=C(\CN)Cc2cccnc2-c2ccc(F)cc2[C@@H](C)Oc2cc1cnc2N. The van der Waals surface area contributed by atoms with Crippen LogP contribution in [-0.2, 0) is 6.42 Å². The van der Waals surface area contributed by atoms with Crippen molar-refractivity contribution >= 4 is 11.5 Å². The van der Waals surface area contributed by atoms with Crippen LogP contribution >= 0.6 is 0 Å². The number of aromatic nitrogens is 2. The maximum atomic E-state index is 14.2. The maximum absolute atomic E-state index is 14.2. The van der Waals surface area contributed by atoms with Crippen LogP contribution in [0.3, 0.4) is 0 Å². The van der Waals surface area contributed by atoms with Gasteiger partial charge in [-0.15, -0.1) is 0 Å². The Hall–Kier alpha value is -3.45. The van der Waals surface area contributed by atoms with E-state index in [9.17, 15) is 4.39 Å². The second-order valence-electron chi connectivity index (χ2n) is 7.50. The number of halogens is 1. The minimum absolute atomic E-state index is 0.272. The first-order valence-corrected chi connectivity index (χ1v) is 10.3. The number of nitrogen functional groups attached to an aromatic ring is 1. The van der Waals surface area contributed by atoms with Crippen molar-refractivity contribution in [1.29, 1.82) is 0 Å². The lowest BCUT2D eigenvalue weighted by atomic mass is 9.92. The number of nitrogens with zero attached hydrogens (tertiary/aromatic N) is 2. The van der Waals surface area contributed by atoms with E-state index in [1.807, 2.05) is 32.0 Å². The summed E-state index contributed by atoms with van der Waals surface area (Å²) >= 11 is 0. The lowest BCUT2D eigenvalue weighted by Gasteiger charge is -2.23. The van der Waals surface area contributed by atoms with E-state index in [4.69, 9.17) is 16.2 Å². The number of ether oxygens (including phenoxy) is 1. The van der Waals surface area contributed by atoms with E-state index in [0.29, 0.717) is 24.3 Å². The summed E-state index contributed by atoms with van der Waals surface area (Å²) in [6.07, 6.45) is 3.57. The van der Waals surface area contributed by atoms with Crippen LogP contribution in [0, 0.1) is 5.82 Å². The quantitative estimate of drug-likeness (QED) is 0.597. The second kappa shape index (κ2) is 8.73. The third kappa shape index (κ3) is 4.09. The van der Waals surface area contributed by atoms with E-state index in [0.717, 1.165) is 40.2 Å². The first-order chi connectivity index (χ1) is 15.0. The molecule has 3 aromatic rings. The molecule has 0 unspecified atom stereocenters. The van der Waals surface area contributed by atoms with Crippen molar-refractivity contribution in [2.75, 3.05) is 18.8 Å². The normalized spacial score (nSPS) is 18.1. The van der Waals surface area contributed by atoms with Gasteiger partial charge in [0.05, 0.1) is 5.69 Å². The summed E-state index contributed by atoms with van der Waals surface area (Å²) in [5.41, 5.74) is 18.3. The van der Waals surface area contributed by atoms with Gasteiger partial charge in [-0.25, -0.2) is 9.37 Å². The van der Waals surface area contributed by atoms with Gasteiger partial charge in [-0.3, -0.25) is 4.98 Å². The molecule has 0 saturated heterocycles. The van der Waals surface area contributed by atoms with Crippen LogP contribution in [0.25, 0.3) is 17.0 Å². The van der Waals surface area contributed by atoms with E-state index in [1.54, 1.807) is 18.5 Å².